The SMILES string of the molecule is CCN(CC)C(=O)C1CCCCN1.Cl. The molecule has 1 fully saturated rings. The zero-order valence-electron chi connectivity index (χ0n) is 9.08. The van der Waals surface area contributed by atoms with Crippen LogP contribution >= 0.6 is 12.4 Å². The highest BCUT2D eigenvalue weighted by Crippen LogP contribution is 2.09. The fourth-order valence-corrected chi connectivity index (χ4v) is 1.82. The van der Waals surface area contributed by atoms with Gasteiger partial charge in [0.25, 0.3) is 0 Å². The number of rotatable bonds is 3. The maximum atomic E-state index is 11.8. The molecule has 0 spiro atoms. The molecule has 1 rings (SSSR count). The fourth-order valence-electron chi connectivity index (χ4n) is 1.82. The van der Waals surface area contributed by atoms with Crippen molar-refractivity contribution < 1.29 is 4.79 Å². The van der Waals surface area contributed by atoms with Crippen LogP contribution in [0.15, 0.2) is 0 Å². The molecule has 14 heavy (non-hydrogen) atoms. The van der Waals surface area contributed by atoms with Gasteiger partial charge in [-0.05, 0) is 33.2 Å². The molecule has 1 amide bonds. The molecule has 0 aromatic carbocycles. The third-order valence-electron chi connectivity index (χ3n) is 2.68. The minimum absolute atomic E-state index is 0. The van der Waals surface area contributed by atoms with Gasteiger partial charge in [0.15, 0.2) is 0 Å². The van der Waals surface area contributed by atoms with E-state index >= 15 is 0 Å². The van der Waals surface area contributed by atoms with E-state index in [0.717, 1.165) is 26.1 Å². The average Bonchev–Trinajstić information content (AvgIpc) is 2.21. The van der Waals surface area contributed by atoms with Crippen LogP contribution in [-0.2, 0) is 4.79 Å². The van der Waals surface area contributed by atoms with E-state index in [2.05, 4.69) is 5.32 Å². The summed E-state index contributed by atoms with van der Waals surface area (Å²) in [5.74, 6) is 0.282. The second kappa shape index (κ2) is 7.07. The van der Waals surface area contributed by atoms with E-state index in [1.165, 1.54) is 12.8 Å². The summed E-state index contributed by atoms with van der Waals surface area (Å²) < 4.78 is 0. The normalized spacial score (nSPS) is 21.1. The molecule has 84 valence electrons. The number of halogens is 1. The molecule has 1 N–H and O–H groups in total. The van der Waals surface area contributed by atoms with Gasteiger partial charge in [-0.3, -0.25) is 4.79 Å². The van der Waals surface area contributed by atoms with E-state index in [1.54, 1.807) is 0 Å². The van der Waals surface area contributed by atoms with Crippen molar-refractivity contribution >= 4 is 18.3 Å². The lowest BCUT2D eigenvalue weighted by Gasteiger charge is -2.28. The number of amides is 1. The Morgan fingerprint density at radius 1 is 1.36 bits per heavy atom. The molecule has 1 unspecified atom stereocenters. The van der Waals surface area contributed by atoms with Gasteiger partial charge in [-0.15, -0.1) is 12.4 Å². The van der Waals surface area contributed by atoms with Crippen LogP contribution in [0.4, 0.5) is 0 Å². The number of carbonyl (C=O) groups excluding carboxylic acids is 1. The van der Waals surface area contributed by atoms with Crippen molar-refractivity contribution in [1.82, 2.24) is 10.2 Å². The zero-order valence-corrected chi connectivity index (χ0v) is 9.90. The zero-order chi connectivity index (χ0) is 9.68. The Hall–Kier alpha value is -0.280. The van der Waals surface area contributed by atoms with Gasteiger partial charge in [0.05, 0.1) is 6.04 Å². The first-order valence-corrected chi connectivity index (χ1v) is 5.31. The number of hydrogen-bond donors (Lipinski definition) is 1. The third-order valence-corrected chi connectivity index (χ3v) is 2.68. The predicted octanol–water partition coefficient (Wildman–Crippen LogP) is 1.42. The fraction of sp³-hybridized carbons (Fsp3) is 0.900. The van der Waals surface area contributed by atoms with Crippen molar-refractivity contribution in [1.29, 1.82) is 0 Å². The number of likely N-dealkylation sites (N-methyl/N-ethyl adjacent to an activating group) is 1. The van der Waals surface area contributed by atoms with Crippen molar-refractivity contribution in [2.75, 3.05) is 19.6 Å². The highest BCUT2D eigenvalue weighted by molar-refractivity contribution is 5.85. The summed E-state index contributed by atoms with van der Waals surface area (Å²) in [6.45, 7) is 6.72. The van der Waals surface area contributed by atoms with E-state index in [-0.39, 0.29) is 24.4 Å². The Bertz CT molecular complexity index is 166. The minimum atomic E-state index is 0. The topological polar surface area (TPSA) is 32.3 Å². The van der Waals surface area contributed by atoms with Gasteiger partial charge in [-0.25, -0.2) is 0 Å². The Kier molecular flexibility index (Phi) is 6.93. The number of nitrogens with zero attached hydrogens (tertiary/aromatic N) is 1. The minimum Gasteiger partial charge on any atom is -0.342 e. The Morgan fingerprint density at radius 3 is 2.43 bits per heavy atom. The molecular formula is C10H21ClN2O. The van der Waals surface area contributed by atoms with E-state index < -0.39 is 0 Å². The monoisotopic (exact) mass is 220 g/mol. The second-order valence-corrected chi connectivity index (χ2v) is 3.51. The van der Waals surface area contributed by atoms with Crippen LogP contribution in [0.1, 0.15) is 33.1 Å². The lowest BCUT2D eigenvalue weighted by atomic mass is 10.0. The van der Waals surface area contributed by atoms with Gasteiger partial charge in [0, 0.05) is 13.1 Å². The molecule has 1 aliphatic heterocycles. The van der Waals surface area contributed by atoms with Crippen molar-refractivity contribution in [3.63, 3.8) is 0 Å². The molecule has 0 aliphatic carbocycles. The number of hydrogen-bond acceptors (Lipinski definition) is 2. The molecule has 0 saturated carbocycles. The Morgan fingerprint density at radius 2 is 2.00 bits per heavy atom. The van der Waals surface area contributed by atoms with Gasteiger partial charge < -0.3 is 10.2 Å². The lowest BCUT2D eigenvalue weighted by molar-refractivity contribution is -0.133. The van der Waals surface area contributed by atoms with Gasteiger partial charge in [-0.2, -0.15) is 0 Å². The number of nitrogens with one attached hydrogen (secondary N) is 1. The molecule has 0 aromatic heterocycles. The molecule has 3 nitrogen and oxygen atoms in total. The first-order chi connectivity index (χ1) is 6.29. The van der Waals surface area contributed by atoms with E-state index in [4.69, 9.17) is 0 Å². The summed E-state index contributed by atoms with van der Waals surface area (Å²) in [7, 11) is 0. The molecule has 1 heterocycles. The van der Waals surface area contributed by atoms with E-state index in [0.29, 0.717) is 0 Å². The highest BCUT2D eigenvalue weighted by Gasteiger charge is 2.23. The van der Waals surface area contributed by atoms with Crippen LogP contribution in [0.25, 0.3) is 0 Å². The largest absolute Gasteiger partial charge is 0.342 e. The molecule has 0 bridgehead atoms. The molecule has 1 aliphatic rings. The smallest absolute Gasteiger partial charge is 0.239 e. The van der Waals surface area contributed by atoms with Crippen LogP contribution < -0.4 is 5.32 Å². The van der Waals surface area contributed by atoms with Crippen LogP contribution in [0, 0.1) is 0 Å². The number of carbonyl (C=O) groups is 1. The quantitative estimate of drug-likeness (QED) is 0.781. The van der Waals surface area contributed by atoms with Crippen molar-refractivity contribution in [2.45, 2.75) is 39.2 Å². The van der Waals surface area contributed by atoms with E-state index in [1.807, 2.05) is 18.7 Å². The van der Waals surface area contributed by atoms with Gasteiger partial charge in [-0.1, -0.05) is 6.42 Å². The van der Waals surface area contributed by atoms with Gasteiger partial charge >= 0.3 is 0 Å². The van der Waals surface area contributed by atoms with E-state index in [9.17, 15) is 4.79 Å². The first-order valence-electron chi connectivity index (χ1n) is 5.31. The lowest BCUT2D eigenvalue weighted by Crippen LogP contribution is -2.48. The van der Waals surface area contributed by atoms with Crippen LogP contribution in [0.3, 0.4) is 0 Å². The predicted molar refractivity (Wildman–Crippen MR) is 60.8 cm³/mol. The van der Waals surface area contributed by atoms with Crippen LogP contribution in [-0.4, -0.2) is 36.5 Å². The number of piperidine rings is 1. The summed E-state index contributed by atoms with van der Waals surface area (Å²) in [6, 6.07) is 0.0913. The van der Waals surface area contributed by atoms with Crippen molar-refractivity contribution in [3.8, 4) is 0 Å². The maximum Gasteiger partial charge on any atom is 0.239 e. The average molecular weight is 221 g/mol. The molecule has 0 radical (unpaired) electrons. The van der Waals surface area contributed by atoms with Crippen molar-refractivity contribution in [3.05, 3.63) is 0 Å². The third kappa shape index (κ3) is 3.46. The second-order valence-electron chi connectivity index (χ2n) is 3.51. The highest BCUT2D eigenvalue weighted by atomic mass is 35.5. The summed E-state index contributed by atoms with van der Waals surface area (Å²) in [5.41, 5.74) is 0. The molecule has 4 heteroatoms. The van der Waals surface area contributed by atoms with Crippen molar-refractivity contribution in [2.24, 2.45) is 0 Å². The Labute approximate surface area is 92.6 Å². The standard InChI is InChI=1S/C10H20N2O.ClH/c1-3-12(4-2)10(13)9-7-5-6-8-11-9;/h9,11H,3-8H2,1-2H3;1H. The Balaban J connectivity index is 0.00000169. The summed E-state index contributed by atoms with van der Waals surface area (Å²) >= 11 is 0. The summed E-state index contributed by atoms with van der Waals surface area (Å²) in [6.07, 6.45) is 3.40. The summed E-state index contributed by atoms with van der Waals surface area (Å²) in [5, 5.41) is 3.28. The van der Waals surface area contributed by atoms with Crippen LogP contribution in [0.2, 0.25) is 0 Å². The maximum absolute atomic E-state index is 11.8. The molecule has 1 atom stereocenters. The van der Waals surface area contributed by atoms with Gasteiger partial charge in [0.1, 0.15) is 0 Å². The first kappa shape index (κ1) is 13.7. The molecule has 1 saturated heterocycles. The molecule has 0 aromatic rings. The van der Waals surface area contributed by atoms with Crippen LogP contribution in [0.5, 0.6) is 0 Å². The molecular weight excluding hydrogens is 200 g/mol. The summed E-state index contributed by atoms with van der Waals surface area (Å²) in [4.78, 5) is 13.7. The van der Waals surface area contributed by atoms with Gasteiger partial charge in [0.2, 0.25) is 5.91 Å².